The fraction of sp³-hybridized carbons (Fsp3) is 0.294. The molecule has 0 saturated carbocycles. The van der Waals surface area contributed by atoms with Crippen molar-refractivity contribution >= 4 is 0 Å². The third-order valence-electron chi connectivity index (χ3n) is 4.28. The quantitative estimate of drug-likeness (QED) is 0.924. The number of methoxy groups -OCH3 is 2. The van der Waals surface area contributed by atoms with Crippen LogP contribution in [0.4, 0.5) is 0 Å². The second kappa shape index (κ2) is 4.73. The maximum absolute atomic E-state index is 9.89. The van der Waals surface area contributed by atoms with Crippen LogP contribution in [-0.4, -0.2) is 25.9 Å². The molecule has 0 spiro atoms. The van der Waals surface area contributed by atoms with Crippen molar-refractivity contribution < 1.29 is 24.1 Å². The Morgan fingerprint density at radius 2 is 1.91 bits per heavy atom. The van der Waals surface area contributed by atoms with Crippen molar-refractivity contribution in [2.75, 3.05) is 20.8 Å². The summed E-state index contributed by atoms with van der Waals surface area (Å²) in [6.07, 6.45) is -0.139. The molecular weight excluding hydrogens is 284 g/mol. The highest BCUT2D eigenvalue weighted by atomic mass is 16.5. The Morgan fingerprint density at radius 3 is 2.68 bits per heavy atom. The van der Waals surface area contributed by atoms with Gasteiger partial charge >= 0.3 is 0 Å². The van der Waals surface area contributed by atoms with Crippen molar-refractivity contribution in [1.82, 2.24) is 0 Å². The van der Waals surface area contributed by atoms with E-state index in [2.05, 4.69) is 0 Å². The van der Waals surface area contributed by atoms with Crippen molar-refractivity contribution in [3.63, 3.8) is 0 Å². The van der Waals surface area contributed by atoms with Crippen LogP contribution in [0.1, 0.15) is 23.1 Å². The third-order valence-corrected chi connectivity index (χ3v) is 4.28. The summed E-state index contributed by atoms with van der Waals surface area (Å²) in [7, 11) is 3.16. The predicted molar refractivity (Wildman–Crippen MR) is 79.3 cm³/mol. The van der Waals surface area contributed by atoms with Crippen molar-refractivity contribution in [3.8, 4) is 28.7 Å². The molecule has 0 aromatic heterocycles. The van der Waals surface area contributed by atoms with Crippen molar-refractivity contribution in [2.45, 2.75) is 12.0 Å². The zero-order valence-corrected chi connectivity index (χ0v) is 12.3. The lowest BCUT2D eigenvalue weighted by molar-refractivity contribution is 0.138. The first-order valence-electron chi connectivity index (χ1n) is 7.09. The van der Waals surface area contributed by atoms with Crippen molar-refractivity contribution in [1.29, 1.82) is 0 Å². The molecule has 114 valence electrons. The maximum Gasteiger partial charge on any atom is 0.161 e. The molecule has 2 heterocycles. The molecular formula is C17H16O5. The van der Waals surface area contributed by atoms with Crippen LogP contribution < -0.4 is 18.9 Å². The van der Waals surface area contributed by atoms with Crippen LogP contribution in [0, 0.1) is 0 Å². The average molecular weight is 300 g/mol. The first-order chi connectivity index (χ1) is 10.7. The van der Waals surface area contributed by atoms with Gasteiger partial charge in [-0.2, -0.15) is 0 Å². The molecule has 1 N–H and O–H groups in total. The minimum absolute atomic E-state index is 0.0666. The summed E-state index contributed by atoms with van der Waals surface area (Å²) in [5.41, 5.74) is 2.00. The van der Waals surface area contributed by atoms with Crippen LogP contribution in [0.3, 0.4) is 0 Å². The van der Waals surface area contributed by atoms with Gasteiger partial charge in [-0.1, -0.05) is 6.07 Å². The van der Waals surface area contributed by atoms with Gasteiger partial charge in [0.25, 0.3) is 0 Å². The molecule has 2 aliphatic heterocycles. The van der Waals surface area contributed by atoms with Crippen LogP contribution >= 0.6 is 0 Å². The molecule has 5 heteroatoms. The number of hydrogen-bond acceptors (Lipinski definition) is 5. The van der Waals surface area contributed by atoms with Crippen molar-refractivity contribution in [3.05, 3.63) is 41.5 Å². The number of hydrogen-bond donors (Lipinski definition) is 1. The predicted octanol–water partition coefficient (Wildman–Crippen LogP) is 3.02. The highest BCUT2D eigenvalue weighted by Crippen LogP contribution is 2.53. The first-order valence-corrected chi connectivity index (χ1v) is 7.09. The minimum atomic E-state index is -0.139. The van der Waals surface area contributed by atoms with Crippen LogP contribution in [0.5, 0.6) is 28.7 Å². The number of ether oxygens (including phenoxy) is 4. The maximum atomic E-state index is 9.89. The number of phenols is 1. The topological polar surface area (TPSA) is 57.2 Å². The summed E-state index contributed by atoms with van der Waals surface area (Å²) >= 11 is 0. The van der Waals surface area contributed by atoms with Gasteiger partial charge in [0.15, 0.2) is 11.5 Å². The van der Waals surface area contributed by atoms with Crippen LogP contribution in [0.2, 0.25) is 0 Å². The molecule has 2 atom stereocenters. The van der Waals surface area contributed by atoms with Gasteiger partial charge in [-0.25, -0.2) is 0 Å². The molecule has 0 amide bonds. The molecule has 5 nitrogen and oxygen atoms in total. The fourth-order valence-electron chi connectivity index (χ4n) is 3.14. The molecule has 0 bridgehead atoms. The molecule has 0 fully saturated rings. The highest BCUT2D eigenvalue weighted by molar-refractivity contribution is 5.56. The van der Waals surface area contributed by atoms with E-state index in [0.717, 1.165) is 22.6 Å². The Balaban J connectivity index is 1.78. The van der Waals surface area contributed by atoms with Gasteiger partial charge in [-0.05, 0) is 12.1 Å². The second-order valence-corrected chi connectivity index (χ2v) is 5.42. The molecule has 2 aliphatic rings. The molecule has 0 unspecified atom stereocenters. The average Bonchev–Trinajstić information content (AvgIpc) is 2.91. The van der Waals surface area contributed by atoms with Gasteiger partial charge in [0.05, 0.1) is 26.7 Å². The molecule has 22 heavy (non-hydrogen) atoms. The first kappa shape index (κ1) is 13.1. The normalized spacial score (nSPS) is 21.0. The zero-order chi connectivity index (χ0) is 15.3. The van der Waals surface area contributed by atoms with E-state index in [1.807, 2.05) is 18.2 Å². The van der Waals surface area contributed by atoms with Gasteiger partial charge in [0, 0.05) is 23.3 Å². The Morgan fingerprint density at radius 1 is 1.05 bits per heavy atom. The Kier molecular flexibility index (Phi) is 2.82. The summed E-state index contributed by atoms with van der Waals surface area (Å²) in [5, 5.41) is 9.89. The lowest BCUT2D eigenvalue weighted by Gasteiger charge is -2.28. The minimum Gasteiger partial charge on any atom is -0.504 e. The van der Waals surface area contributed by atoms with Crippen LogP contribution in [0.15, 0.2) is 30.3 Å². The molecule has 4 rings (SSSR count). The van der Waals surface area contributed by atoms with Gasteiger partial charge in [-0.3, -0.25) is 0 Å². The van der Waals surface area contributed by atoms with Gasteiger partial charge in [-0.15, -0.1) is 0 Å². The third kappa shape index (κ3) is 1.78. The molecule has 0 aliphatic carbocycles. The number of fused-ring (bicyclic) bond motifs is 5. The highest BCUT2D eigenvalue weighted by Gasteiger charge is 2.41. The van der Waals surface area contributed by atoms with E-state index < -0.39 is 0 Å². The number of phenolic OH excluding ortho intramolecular Hbond substituents is 1. The van der Waals surface area contributed by atoms with Crippen LogP contribution in [0.25, 0.3) is 0 Å². The van der Waals surface area contributed by atoms with Gasteiger partial charge < -0.3 is 24.1 Å². The largest absolute Gasteiger partial charge is 0.504 e. The fourth-order valence-corrected chi connectivity index (χ4v) is 3.14. The summed E-state index contributed by atoms with van der Waals surface area (Å²) in [6, 6.07) is 9.20. The molecule has 2 aromatic carbocycles. The summed E-state index contributed by atoms with van der Waals surface area (Å²) in [4.78, 5) is 0. The second-order valence-electron chi connectivity index (χ2n) is 5.42. The molecule has 0 saturated heterocycles. The lowest BCUT2D eigenvalue weighted by atomic mass is 9.89. The Bertz CT molecular complexity index is 740. The van der Waals surface area contributed by atoms with Gasteiger partial charge in [0.1, 0.15) is 23.4 Å². The standard InChI is InChI=1S/C17H16O5/c1-19-9-3-4-10-12-8-21-14-7-13(18)16(20-2)6-11(14)17(12)22-15(10)5-9/h3-7,12,17-18H,8H2,1-2H3/t12-,17-/m0/s1. The number of aromatic hydroxyl groups is 1. The number of rotatable bonds is 2. The zero-order valence-electron chi connectivity index (χ0n) is 12.3. The SMILES string of the molecule is COc1ccc2c(c1)O[C@H]1c3cc(OC)c(O)cc3OC[C@@H]21. The van der Waals surface area contributed by atoms with E-state index in [4.69, 9.17) is 18.9 Å². The van der Waals surface area contributed by atoms with E-state index in [1.165, 1.54) is 7.11 Å². The van der Waals surface area contributed by atoms with Crippen LogP contribution in [-0.2, 0) is 0 Å². The Hall–Kier alpha value is -2.56. The summed E-state index contributed by atoms with van der Waals surface area (Å²) in [6.45, 7) is 0.517. The van der Waals surface area contributed by atoms with Gasteiger partial charge in [0.2, 0.25) is 0 Å². The lowest BCUT2D eigenvalue weighted by Crippen LogP contribution is -2.23. The molecule has 2 aromatic rings. The summed E-state index contributed by atoms with van der Waals surface area (Å²) in [5.74, 6) is 2.83. The monoisotopic (exact) mass is 300 g/mol. The smallest absolute Gasteiger partial charge is 0.161 e. The van der Waals surface area contributed by atoms with Crippen molar-refractivity contribution in [2.24, 2.45) is 0 Å². The van der Waals surface area contributed by atoms with E-state index in [9.17, 15) is 5.11 Å². The van der Waals surface area contributed by atoms with E-state index in [1.54, 1.807) is 19.2 Å². The number of benzene rings is 2. The summed E-state index contributed by atoms with van der Waals surface area (Å²) < 4.78 is 22.4. The van der Waals surface area contributed by atoms with E-state index >= 15 is 0 Å². The van der Waals surface area contributed by atoms with E-state index in [0.29, 0.717) is 18.1 Å². The van der Waals surface area contributed by atoms with E-state index in [-0.39, 0.29) is 17.8 Å². The Labute approximate surface area is 128 Å². The molecule has 0 radical (unpaired) electrons.